The molecular weight excluding hydrogens is 504 g/mol. The third-order valence-corrected chi connectivity index (χ3v) is 6.88. The first-order valence-corrected chi connectivity index (χ1v) is 12.8. The van der Waals surface area contributed by atoms with Crippen LogP contribution in [0.1, 0.15) is 31.2 Å². The summed E-state index contributed by atoms with van der Waals surface area (Å²) in [4.78, 5) is 23.8. The molecule has 10 nitrogen and oxygen atoms in total. The van der Waals surface area contributed by atoms with Crippen molar-refractivity contribution in [3.8, 4) is 5.88 Å². The van der Waals surface area contributed by atoms with Crippen molar-refractivity contribution in [2.24, 2.45) is 7.05 Å². The third-order valence-electron chi connectivity index (χ3n) is 4.76. The Morgan fingerprint density at radius 1 is 1.29 bits per heavy atom. The van der Waals surface area contributed by atoms with Gasteiger partial charge in [-0.3, -0.25) is 4.72 Å². The lowest BCUT2D eigenvalue weighted by Gasteiger charge is -2.15. The van der Waals surface area contributed by atoms with Gasteiger partial charge in [0.15, 0.2) is 27.9 Å². The number of anilines is 1. The number of carboxylic acids is 1. The molecule has 1 atom stereocenters. The Hall–Kier alpha value is -3.26. The highest BCUT2D eigenvalue weighted by Gasteiger charge is 2.23. The number of nitrogens with zero attached hydrogens (tertiary/aromatic N) is 4. The third kappa shape index (κ3) is 6.66. The van der Waals surface area contributed by atoms with E-state index in [1.54, 1.807) is 20.9 Å². The maximum atomic E-state index is 14.0. The summed E-state index contributed by atoms with van der Waals surface area (Å²) < 4.78 is 62.5. The van der Waals surface area contributed by atoms with Crippen molar-refractivity contribution in [1.29, 1.82) is 0 Å². The minimum absolute atomic E-state index is 0.0401. The van der Waals surface area contributed by atoms with Crippen LogP contribution >= 0.6 is 11.8 Å². The smallest absolute Gasteiger partial charge is 0.344 e. The molecule has 2 heterocycles. The zero-order chi connectivity index (χ0) is 25.8. The van der Waals surface area contributed by atoms with Crippen LogP contribution in [0.5, 0.6) is 5.88 Å². The molecule has 0 aliphatic heterocycles. The van der Waals surface area contributed by atoms with Crippen LogP contribution in [0.25, 0.3) is 0 Å². The van der Waals surface area contributed by atoms with Crippen LogP contribution in [0, 0.1) is 18.6 Å². The molecule has 3 aromatic rings. The van der Waals surface area contributed by atoms with Gasteiger partial charge in [-0.2, -0.15) is 13.4 Å². The molecule has 3 rings (SSSR count). The van der Waals surface area contributed by atoms with Gasteiger partial charge in [0.05, 0.1) is 0 Å². The van der Waals surface area contributed by atoms with E-state index >= 15 is 0 Å². The van der Waals surface area contributed by atoms with Crippen molar-refractivity contribution in [3.05, 3.63) is 53.5 Å². The fourth-order valence-corrected chi connectivity index (χ4v) is 4.73. The van der Waals surface area contributed by atoms with Gasteiger partial charge in [0, 0.05) is 30.6 Å². The molecule has 188 valence electrons. The van der Waals surface area contributed by atoms with E-state index in [-0.39, 0.29) is 39.6 Å². The Labute approximate surface area is 204 Å². The van der Waals surface area contributed by atoms with Crippen LogP contribution in [0.4, 0.5) is 14.6 Å². The SMILES string of the molecule is CCC[C@@H](Oc1cc(NS(=O)(=O)c2cn(C)c(C)n2)nc(SCc2cccc(F)c2F)n1)C(=O)O. The van der Waals surface area contributed by atoms with Crippen LogP contribution in [0.3, 0.4) is 0 Å². The summed E-state index contributed by atoms with van der Waals surface area (Å²) in [6.45, 7) is 3.41. The fourth-order valence-electron chi connectivity index (χ4n) is 2.87. The van der Waals surface area contributed by atoms with Crippen molar-refractivity contribution in [1.82, 2.24) is 19.5 Å². The maximum absolute atomic E-state index is 14.0. The first-order valence-electron chi connectivity index (χ1n) is 10.4. The molecule has 2 aromatic heterocycles. The number of carboxylic acid groups (broad SMARTS) is 1. The quantitative estimate of drug-likeness (QED) is 0.283. The van der Waals surface area contributed by atoms with E-state index in [2.05, 4.69) is 19.7 Å². The van der Waals surface area contributed by atoms with E-state index in [9.17, 15) is 27.1 Å². The molecule has 0 saturated heterocycles. The van der Waals surface area contributed by atoms with E-state index in [0.717, 1.165) is 23.9 Å². The number of ether oxygens (including phenoxy) is 1. The second-order valence-corrected chi connectivity index (χ2v) is 10.0. The highest BCUT2D eigenvalue weighted by Crippen LogP contribution is 2.27. The number of nitrogens with one attached hydrogen (secondary N) is 1. The summed E-state index contributed by atoms with van der Waals surface area (Å²) >= 11 is 0.891. The Morgan fingerprint density at radius 3 is 2.66 bits per heavy atom. The summed E-state index contributed by atoms with van der Waals surface area (Å²) in [7, 11) is -2.51. The zero-order valence-electron chi connectivity index (χ0n) is 19.0. The van der Waals surface area contributed by atoms with Gasteiger partial charge in [-0.15, -0.1) is 0 Å². The van der Waals surface area contributed by atoms with Gasteiger partial charge in [0.1, 0.15) is 11.6 Å². The van der Waals surface area contributed by atoms with E-state index < -0.39 is 33.7 Å². The van der Waals surface area contributed by atoms with Gasteiger partial charge >= 0.3 is 5.97 Å². The fraction of sp³-hybridized carbons (Fsp3) is 0.333. The first-order chi connectivity index (χ1) is 16.5. The molecule has 35 heavy (non-hydrogen) atoms. The van der Waals surface area contributed by atoms with Crippen molar-refractivity contribution in [2.45, 2.75) is 48.7 Å². The molecule has 0 unspecified atom stereocenters. The van der Waals surface area contributed by atoms with E-state index in [0.29, 0.717) is 12.2 Å². The molecule has 0 fully saturated rings. The number of halogens is 2. The second kappa shape index (κ2) is 11.0. The topological polar surface area (TPSA) is 136 Å². The van der Waals surface area contributed by atoms with Crippen LogP contribution in [-0.4, -0.2) is 45.1 Å². The zero-order valence-corrected chi connectivity index (χ0v) is 20.7. The highest BCUT2D eigenvalue weighted by atomic mass is 32.2. The lowest BCUT2D eigenvalue weighted by molar-refractivity contribution is -0.145. The lowest BCUT2D eigenvalue weighted by Crippen LogP contribution is -2.27. The van der Waals surface area contributed by atoms with E-state index in [1.165, 1.54) is 22.9 Å². The molecule has 2 N–H and O–H groups in total. The Balaban J connectivity index is 1.93. The number of hydrogen-bond donors (Lipinski definition) is 2. The number of thioether (sulfide) groups is 1. The van der Waals surface area contributed by atoms with Crippen molar-refractivity contribution in [3.63, 3.8) is 0 Å². The monoisotopic (exact) mass is 527 g/mol. The van der Waals surface area contributed by atoms with E-state index in [1.807, 2.05) is 0 Å². The highest BCUT2D eigenvalue weighted by molar-refractivity contribution is 7.98. The molecule has 0 saturated carbocycles. The predicted octanol–water partition coefficient (Wildman–Crippen LogP) is 3.52. The Kier molecular flexibility index (Phi) is 8.27. The summed E-state index contributed by atoms with van der Waals surface area (Å²) in [5.41, 5.74) is 0.0467. The second-order valence-electron chi connectivity index (χ2n) is 7.45. The van der Waals surface area contributed by atoms with Crippen molar-refractivity contribution < 1.29 is 31.8 Å². The van der Waals surface area contributed by atoms with Crippen molar-refractivity contribution in [2.75, 3.05) is 4.72 Å². The molecular formula is C21H23F2N5O5S2. The van der Waals surface area contributed by atoms with Gasteiger partial charge in [-0.1, -0.05) is 37.2 Å². The van der Waals surface area contributed by atoms with E-state index in [4.69, 9.17) is 4.74 Å². The number of sulfonamides is 1. The number of aromatic nitrogens is 4. The summed E-state index contributed by atoms with van der Waals surface area (Å²) in [5, 5.41) is 9.12. The van der Waals surface area contributed by atoms with Gasteiger partial charge in [-0.25, -0.2) is 23.5 Å². The number of rotatable bonds is 11. The molecule has 1 aromatic carbocycles. The number of carbonyl (C=O) groups is 1. The predicted molar refractivity (Wildman–Crippen MR) is 124 cm³/mol. The Morgan fingerprint density at radius 2 is 2.03 bits per heavy atom. The van der Waals surface area contributed by atoms with Gasteiger partial charge in [-0.05, 0) is 19.4 Å². The largest absolute Gasteiger partial charge is 0.479 e. The molecule has 0 amide bonds. The lowest BCUT2D eigenvalue weighted by atomic mass is 10.2. The van der Waals surface area contributed by atoms with Crippen LogP contribution < -0.4 is 9.46 Å². The summed E-state index contributed by atoms with van der Waals surface area (Å²) in [5.74, 6) is -3.26. The number of aryl methyl sites for hydroxylation is 2. The standard InChI is InChI=1S/C21H23F2N5O5S2/c1-4-6-15(20(29)30)33-17-9-16(27-35(31,32)18-10-28(3)12(2)24-18)25-21(26-17)34-11-13-7-5-8-14(22)19(13)23/h5,7-10,15H,4,6,11H2,1-3H3,(H,29,30)(H,25,26,27)/t15-/m1/s1. The average Bonchev–Trinajstić information content (AvgIpc) is 3.13. The normalized spacial score (nSPS) is 12.4. The average molecular weight is 528 g/mol. The molecule has 0 radical (unpaired) electrons. The minimum atomic E-state index is -4.15. The molecule has 0 bridgehead atoms. The van der Waals surface area contributed by atoms with Gasteiger partial charge < -0.3 is 14.4 Å². The minimum Gasteiger partial charge on any atom is -0.479 e. The van der Waals surface area contributed by atoms with Gasteiger partial charge in [0.25, 0.3) is 10.0 Å². The first kappa shape index (κ1) is 26.3. The number of hydrogen-bond acceptors (Lipinski definition) is 8. The van der Waals surface area contributed by atoms with Gasteiger partial charge in [0.2, 0.25) is 5.88 Å². The number of aliphatic carboxylic acids is 1. The summed E-state index contributed by atoms with van der Waals surface area (Å²) in [6.07, 6.45) is 0.794. The molecule has 0 aliphatic carbocycles. The van der Waals surface area contributed by atoms with Crippen LogP contribution in [0.15, 0.2) is 40.6 Å². The molecule has 14 heteroatoms. The summed E-state index contributed by atoms with van der Waals surface area (Å²) in [6, 6.07) is 4.87. The number of benzene rings is 1. The number of imidazole rings is 1. The maximum Gasteiger partial charge on any atom is 0.344 e. The van der Waals surface area contributed by atoms with Crippen molar-refractivity contribution >= 4 is 33.6 Å². The Bertz CT molecular complexity index is 1310. The van der Waals surface area contributed by atoms with Crippen LogP contribution in [-0.2, 0) is 27.6 Å². The molecule has 0 aliphatic rings. The molecule has 0 spiro atoms. The van der Waals surface area contributed by atoms with Crippen LogP contribution in [0.2, 0.25) is 0 Å².